The molecule has 1 aromatic carbocycles. The van der Waals surface area contributed by atoms with Crippen LogP contribution < -0.4 is 5.90 Å². The zero-order valence-electron chi connectivity index (χ0n) is 8.77. The Morgan fingerprint density at radius 2 is 2.07 bits per heavy atom. The van der Waals surface area contributed by atoms with Crippen molar-refractivity contribution < 1.29 is 9.76 Å². The fourth-order valence-electron chi connectivity index (χ4n) is 1.49. The fraction of sp³-hybridized carbons (Fsp3) is 0.400. The first-order chi connectivity index (χ1) is 6.99. The van der Waals surface area contributed by atoms with E-state index in [0.717, 1.165) is 0 Å². The van der Waals surface area contributed by atoms with Crippen molar-refractivity contribution in [3.05, 3.63) is 39.9 Å². The molecule has 0 saturated heterocycles. The fourth-order valence-corrected chi connectivity index (χ4v) is 1.49. The van der Waals surface area contributed by atoms with Crippen LogP contribution in [-0.4, -0.2) is 11.5 Å². The van der Waals surface area contributed by atoms with Crippen LogP contribution in [0.3, 0.4) is 0 Å². The third-order valence-corrected chi connectivity index (χ3v) is 2.27. The first-order valence-corrected chi connectivity index (χ1v) is 4.54. The maximum Gasteiger partial charge on any atom is 0.273 e. The summed E-state index contributed by atoms with van der Waals surface area (Å²) in [6, 6.07) is 6.60. The van der Waals surface area contributed by atoms with Gasteiger partial charge in [-0.25, -0.2) is 5.90 Å². The first kappa shape index (κ1) is 11.6. The molecule has 0 saturated carbocycles. The number of nitrogens with two attached hydrogens (primary N) is 1. The van der Waals surface area contributed by atoms with Gasteiger partial charge in [0.05, 0.1) is 11.5 Å². The van der Waals surface area contributed by atoms with E-state index in [2.05, 4.69) is 4.84 Å². The molecule has 0 aromatic heterocycles. The lowest BCUT2D eigenvalue weighted by molar-refractivity contribution is -0.386. The largest absolute Gasteiger partial charge is 0.304 e. The van der Waals surface area contributed by atoms with Gasteiger partial charge in [0, 0.05) is 17.0 Å². The maximum atomic E-state index is 10.8. The minimum atomic E-state index is -0.474. The molecule has 5 heteroatoms. The number of hydrogen-bond acceptors (Lipinski definition) is 4. The van der Waals surface area contributed by atoms with Crippen LogP contribution in [0.15, 0.2) is 24.3 Å². The molecule has 0 heterocycles. The number of nitrogens with zero attached hydrogens (tertiary/aromatic N) is 1. The van der Waals surface area contributed by atoms with Crippen molar-refractivity contribution >= 4 is 5.69 Å². The Labute approximate surface area is 88.0 Å². The van der Waals surface area contributed by atoms with Crippen LogP contribution in [0.1, 0.15) is 19.4 Å². The lowest BCUT2D eigenvalue weighted by Crippen LogP contribution is -2.27. The molecule has 0 radical (unpaired) electrons. The minimum absolute atomic E-state index is 0.0968. The topological polar surface area (TPSA) is 78.4 Å². The Hall–Kier alpha value is -1.46. The molecule has 0 fully saturated rings. The van der Waals surface area contributed by atoms with Crippen LogP contribution in [0.2, 0.25) is 0 Å². The molecule has 0 bridgehead atoms. The third kappa shape index (κ3) is 2.51. The molecule has 0 atom stereocenters. The highest BCUT2D eigenvalue weighted by Crippen LogP contribution is 2.31. The predicted molar refractivity (Wildman–Crippen MR) is 56.3 cm³/mol. The number of hydrogen-bond donors (Lipinski definition) is 1. The standard InChI is InChI=1S/C10H14N2O3/c1-10(2,7-15-11)8-5-3-4-6-9(8)12(13)14/h3-6H,7,11H2,1-2H3. The second-order valence-electron chi connectivity index (χ2n) is 3.97. The highest BCUT2D eigenvalue weighted by Gasteiger charge is 2.28. The van der Waals surface area contributed by atoms with Gasteiger partial charge in [-0.3, -0.25) is 10.1 Å². The van der Waals surface area contributed by atoms with E-state index in [1.165, 1.54) is 6.07 Å². The normalized spacial score (nSPS) is 11.4. The van der Waals surface area contributed by atoms with E-state index in [9.17, 15) is 10.1 Å². The van der Waals surface area contributed by atoms with E-state index in [4.69, 9.17) is 5.90 Å². The summed E-state index contributed by atoms with van der Waals surface area (Å²) in [4.78, 5) is 15.0. The predicted octanol–water partition coefficient (Wildman–Crippen LogP) is 1.76. The molecule has 0 amide bonds. The summed E-state index contributed by atoms with van der Waals surface area (Å²) in [5.41, 5.74) is 0.248. The molecule has 82 valence electrons. The summed E-state index contributed by atoms with van der Waals surface area (Å²) >= 11 is 0. The van der Waals surface area contributed by atoms with E-state index in [-0.39, 0.29) is 12.3 Å². The molecule has 1 rings (SSSR count). The molecule has 0 aliphatic heterocycles. The van der Waals surface area contributed by atoms with Crippen molar-refractivity contribution in [1.29, 1.82) is 0 Å². The number of nitro benzene ring substituents is 1. The molecule has 0 aliphatic rings. The van der Waals surface area contributed by atoms with Gasteiger partial charge in [0.1, 0.15) is 0 Å². The summed E-state index contributed by atoms with van der Waals surface area (Å²) in [6.45, 7) is 3.93. The van der Waals surface area contributed by atoms with Gasteiger partial charge < -0.3 is 4.84 Å². The third-order valence-electron chi connectivity index (χ3n) is 2.27. The summed E-state index contributed by atoms with van der Waals surface area (Å²) in [6.07, 6.45) is 0. The number of para-hydroxylation sites is 1. The highest BCUT2D eigenvalue weighted by molar-refractivity contribution is 5.44. The zero-order valence-corrected chi connectivity index (χ0v) is 8.77. The molecule has 1 aromatic rings. The molecule has 0 unspecified atom stereocenters. The van der Waals surface area contributed by atoms with Crippen molar-refractivity contribution in [1.82, 2.24) is 0 Å². The summed E-state index contributed by atoms with van der Waals surface area (Å²) in [7, 11) is 0. The van der Waals surface area contributed by atoms with E-state index in [0.29, 0.717) is 5.56 Å². The number of nitro groups is 1. The van der Waals surface area contributed by atoms with Crippen LogP contribution in [0.4, 0.5) is 5.69 Å². The van der Waals surface area contributed by atoms with Crippen LogP contribution >= 0.6 is 0 Å². The second-order valence-corrected chi connectivity index (χ2v) is 3.97. The van der Waals surface area contributed by atoms with E-state index in [1.54, 1.807) is 18.2 Å². The van der Waals surface area contributed by atoms with Crippen LogP contribution in [0.25, 0.3) is 0 Å². The summed E-state index contributed by atoms with van der Waals surface area (Å²) in [5.74, 6) is 5.01. The van der Waals surface area contributed by atoms with E-state index in [1.807, 2.05) is 13.8 Å². The van der Waals surface area contributed by atoms with Crippen molar-refractivity contribution in [3.63, 3.8) is 0 Å². The van der Waals surface area contributed by atoms with Gasteiger partial charge in [0.15, 0.2) is 0 Å². The van der Waals surface area contributed by atoms with Gasteiger partial charge in [-0.05, 0) is 0 Å². The quantitative estimate of drug-likeness (QED) is 0.606. The number of benzene rings is 1. The van der Waals surface area contributed by atoms with Gasteiger partial charge in [-0.1, -0.05) is 32.0 Å². The monoisotopic (exact) mass is 210 g/mol. The molecule has 0 spiro atoms. The second kappa shape index (κ2) is 4.37. The Morgan fingerprint density at radius 1 is 1.47 bits per heavy atom. The molecule has 5 nitrogen and oxygen atoms in total. The highest BCUT2D eigenvalue weighted by atomic mass is 16.6. The van der Waals surface area contributed by atoms with Crippen LogP contribution in [0.5, 0.6) is 0 Å². The SMILES string of the molecule is CC(C)(CON)c1ccccc1[N+](=O)[O-]. The first-order valence-electron chi connectivity index (χ1n) is 4.54. The molecule has 2 N–H and O–H groups in total. The molecular weight excluding hydrogens is 196 g/mol. The van der Waals surface area contributed by atoms with E-state index >= 15 is 0 Å². The Bertz CT molecular complexity index is 363. The van der Waals surface area contributed by atoms with Crippen LogP contribution in [-0.2, 0) is 10.3 Å². The molecule has 0 aliphatic carbocycles. The lowest BCUT2D eigenvalue weighted by atomic mass is 9.84. The Morgan fingerprint density at radius 3 is 2.60 bits per heavy atom. The summed E-state index contributed by atoms with van der Waals surface area (Å²) in [5, 5.41) is 10.8. The van der Waals surface area contributed by atoms with Gasteiger partial charge >= 0.3 is 0 Å². The number of rotatable bonds is 4. The maximum absolute atomic E-state index is 10.8. The van der Waals surface area contributed by atoms with Gasteiger partial charge in [0.2, 0.25) is 0 Å². The molecule has 15 heavy (non-hydrogen) atoms. The average molecular weight is 210 g/mol. The smallest absolute Gasteiger partial charge is 0.273 e. The van der Waals surface area contributed by atoms with Crippen molar-refractivity contribution in [2.45, 2.75) is 19.3 Å². The lowest BCUT2D eigenvalue weighted by Gasteiger charge is -2.23. The zero-order chi connectivity index (χ0) is 11.5. The summed E-state index contributed by atoms with van der Waals surface area (Å²) < 4.78 is 0. The minimum Gasteiger partial charge on any atom is -0.304 e. The van der Waals surface area contributed by atoms with Crippen molar-refractivity contribution in [2.75, 3.05) is 6.61 Å². The van der Waals surface area contributed by atoms with E-state index < -0.39 is 10.3 Å². The Balaban J connectivity index is 3.18. The van der Waals surface area contributed by atoms with Crippen molar-refractivity contribution in [3.8, 4) is 0 Å². The van der Waals surface area contributed by atoms with Gasteiger partial charge in [-0.2, -0.15) is 0 Å². The molecular formula is C10H14N2O3. The Kier molecular flexibility index (Phi) is 3.39. The average Bonchev–Trinajstić information content (AvgIpc) is 2.17. The van der Waals surface area contributed by atoms with Crippen molar-refractivity contribution in [2.24, 2.45) is 5.90 Å². The van der Waals surface area contributed by atoms with Crippen LogP contribution in [0, 0.1) is 10.1 Å². The van der Waals surface area contributed by atoms with Gasteiger partial charge in [-0.15, -0.1) is 0 Å². The van der Waals surface area contributed by atoms with Gasteiger partial charge in [0.25, 0.3) is 5.69 Å².